The molecule has 0 saturated heterocycles. The molecule has 112 valence electrons. The summed E-state index contributed by atoms with van der Waals surface area (Å²) in [5, 5.41) is 22.4. The van der Waals surface area contributed by atoms with E-state index in [1.807, 2.05) is 24.3 Å². The minimum Gasteiger partial charge on any atom is -0.464 e. The summed E-state index contributed by atoms with van der Waals surface area (Å²) in [5.74, 6) is -1.09. The number of para-hydroxylation sites is 1. The number of amides is 1. The molecule has 0 fully saturated rings. The van der Waals surface area contributed by atoms with Gasteiger partial charge >= 0.3 is 7.12 Å². The molecule has 3 N–H and O–H groups in total. The Bertz CT molecular complexity index is 598. The Morgan fingerprint density at radius 3 is 2.90 bits per heavy atom. The second kappa shape index (κ2) is 7.26. The lowest BCUT2D eigenvalue weighted by Crippen LogP contribution is -2.48. The molecule has 21 heavy (non-hydrogen) atoms. The van der Waals surface area contributed by atoms with Crippen LogP contribution < -0.4 is 5.32 Å². The van der Waals surface area contributed by atoms with E-state index < -0.39 is 13.1 Å². The lowest BCUT2D eigenvalue weighted by atomic mass is 9.76. The quantitative estimate of drug-likeness (QED) is 0.646. The number of ether oxygens (including phenoxy) is 1. The van der Waals surface area contributed by atoms with Gasteiger partial charge in [0.05, 0.1) is 18.8 Å². The van der Waals surface area contributed by atoms with Crippen molar-refractivity contribution in [3.8, 4) is 0 Å². The molecule has 1 atom stereocenters. The zero-order valence-electron chi connectivity index (χ0n) is 11.8. The predicted octanol–water partition coefficient (Wildman–Crippen LogP) is 0.509. The number of methoxy groups -OCH3 is 1. The summed E-state index contributed by atoms with van der Waals surface area (Å²) >= 11 is 0. The molecule has 2 aromatic rings. The molecule has 6 nitrogen and oxygen atoms in total. The summed E-state index contributed by atoms with van der Waals surface area (Å²) < 4.78 is 10.2. The van der Waals surface area contributed by atoms with Crippen molar-refractivity contribution in [1.29, 1.82) is 0 Å². The fourth-order valence-electron chi connectivity index (χ4n) is 2.13. The van der Waals surface area contributed by atoms with Crippen LogP contribution in [0.15, 0.2) is 34.9 Å². The zero-order valence-corrected chi connectivity index (χ0v) is 11.8. The Hall–Kier alpha value is -1.83. The van der Waals surface area contributed by atoms with Gasteiger partial charge in [-0.1, -0.05) is 18.2 Å². The molecular weight excluding hydrogens is 273 g/mol. The maximum atomic E-state index is 11.7. The van der Waals surface area contributed by atoms with Crippen molar-refractivity contribution in [1.82, 2.24) is 5.32 Å². The van der Waals surface area contributed by atoms with Gasteiger partial charge < -0.3 is 24.5 Å². The van der Waals surface area contributed by atoms with E-state index in [1.165, 1.54) is 7.11 Å². The largest absolute Gasteiger partial charge is 0.475 e. The number of carbonyl (C=O) groups is 1. The van der Waals surface area contributed by atoms with Gasteiger partial charge in [0.2, 0.25) is 5.91 Å². The van der Waals surface area contributed by atoms with Crippen LogP contribution in [0, 0.1) is 0 Å². The highest BCUT2D eigenvalue weighted by Crippen LogP contribution is 2.22. The molecule has 1 aromatic heterocycles. The van der Waals surface area contributed by atoms with Gasteiger partial charge in [-0.15, -0.1) is 0 Å². The number of rotatable bonds is 7. The number of fused-ring (bicyclic) bond motifs is 1. The zero-order chi connectivity index (χ0) is 15.2. The molecule has 1 heterocycles. The normalized spacial score (nSPS) is 12.3. The fraction of sp³-hybridized carbons (Fsp3) is 0.357. The van der Waals surface area contributed by atoms with Crippen LogP contribution in [0.5, 0.6) is 0 Å². The summed E-state index contributed by atoms with van der Waals surface area (Å²) in [4.78, 5) is 11.7. The van der Waals surface area contributed by atoms with Gasteiger partial charge in [-0.3, -0.25) is 4.79 Å². The maximum Gasteiger partial charge on any atom is 0.475 e. The topological polar surface area (TPSA) is 91.9 Å². The fourth-order valence-corrected chi connectivity index (χ4v) is 2.13. The highest BCUT2D eigenvalue weighted by molar-refractivity contribution is 6.43. The third kappa shape index (κ3) is 4.07. The van der Waals surface area contributed by atoms with Gasteiger partial charge in [0.1, 0.15) is 5.58 Å². The van der Waals surface area contributed by atoms with Crippen LogP contribution in [0.2, 0.25) is 0 Å². The Labute approximate surface area is 122 Å². The van der Waals surface area contributed by atoms with Gasteiger partial charge in [0.25, 0.3) is 0 Å². The molecule has 0 radical (unpaired) electrons. The first-order valence-electron chi connectivity index (χ1n) is 6.71. The van der Waals surface area contributed by atoms with Crippen molar-refractivity contribution >= 4 is 24.0 Å². The van der Waals surface area contributed by atoms with Crippen molar-refractivity contribution in [2.45, 2.75) is 18.8 Å². The Balaban J connectivity index is 2.07. The highest BCUT2D eigenvalue weighted by atomic mass is 16.5. The van der Waals surface area contributed by atoms with E-state index in [9.17, 15) is 14.8 Å². The van der Waals surface area contributed by atoms with E-state index in [0.717, 1.165) is 16.5 Å². The monoisotopic (exact) mass is 291 g/mol. The first kappa shape index (κ1) is 15.6. The Kier molecular flexibility index (Phi) is 5.38. The van der Waals surface area contributed by atoms with E-state index in [-0.39, 0.29) is 25.4 Å². The third-order valence-electron chi connectivity index (χ3n) is 3.24. The standard InChI is InChI=1S/C14H18BNO5/c1-20-7-6-14(17)16-13(15(18)19)8-10-9-21-12-5-3-2-4-11(10)12/h2-5,9,13,18-19H,6-8H2,1H3,(H,16,17). The summed E-state index contributed by atoms with van der Waals surface area (Å²) in [6, 6.07) is 7.46. The summed E-state index contributed by atoms with van der Waals surface area (Å²) in [7, 11) is -0.145. The molecule has 0 aliphatic heterocycles. The molecule has 0 aliphatic rings. The molecule has 0 aliphatic carbocycles. The third-order valence-corrected chi connectivity index (χ3v) is 3.24. The van der Waals surface area contributed by atoms with E-state index in [4.69, 9.17) is 9.15 Å². The van der Waals surface area contributed by atoms with Gasteiger partial charge in [-0.05, 0) is 18.1 Å². The van der Waals surface area contributed by atoms with E-state index in [1.54, 1.807) is 6.26 Å². The van der Waals surface area contributed by atoms with Gasteiger partial charge in [0.15, 0.2) is 0 Å². The first-order valence-corrected chi connectivity index (χ1v) is 6.71. The van der Waals surface area contributed by atoms with Gasteiger partial charge in [-0.25, -0.2) is 0 Å². The van der Waals surface area contributed by atoms with Crippen LogP contribution >= 0.6 is 0 Å². The van der Waals surface area contributed by atoms with Crippen molar-refractivity contribution in [3.05, 3.63) is 36.1 Å². The molecule has 1 amide bonds. The van der Waals surface area contributed by atoms with Crippen LogP contribution in [-0.4, -0.2) is 42.7 Å². The minimum atomic E-state index is -1.65. The van der Waals surface area contributed by atoms with Crippen molar-refractivity contribution in [3.63, 3.8) is 0 Å². The molecule has 2 rings (SSSR count). The van der Waals surface area contributed by atoms with E-state index in [0.29, 0.717) is 0 Å². The van der Waals surface area contributed by atoms with Crippen molar-refractivity contribution < 1.29 is 24.0 Å². The number of carbonyl (C=O) groups excluding carboxylic acids is 1. The van der Waals surface area contributed by atoms with Crippen LogP contribution in [-0.2, 0) is 16.0 Å². The number of hydrogen-bond donors (Lipinski definition) is 3. The van der Waals surface area contributed by atoms with Gasteiger partial charge in [0, 0.05) is 18.9 Å². The smallest absolute Gasteiger partial charge is 0.464 e. The molecule has 0 spiro atoms. The number of nitrogens with one attached hydrogen (secondary N) is 1. The van der Waals surface area contributed by atoms with Gasteiger partial charge in [-0.2, -0.15) is 0 Å². The maximum absolute atomic E-state index is 11.7. The minimum absolute atomic E-state index is 0.172. The van der Waals surface area contributed by atoms with Crippen molar-refractivity contribution in [2.24, 2.45) is 0 Å². The Morgan fingerprint density at radius 1 is 1.43 bits per heavy atom. The molecular formula is C14H18BNO5. The second-order valence-electron chi connectivity index (χ2n) is 4.79. The molecule has 1 aromatic carbocycles. The van der Waals surface area contributed by atoms with Crippen molar-refractivity contribution in [2.75, 3.05) is 13.7 Å². The predicted molar refractivity (Wildman–Crippen MR) is 78.5 cm³/mol. The second-order valence-corrected chi connectivity index (χ2v) is 4.79. The highest BCUT2D eigenvalue weighted by Gasteiger charge is 2.26. The SMILES string of the molecule is COCCC(=O)NC(Cc1coc2ccccc12)B(O)O. The molecule has 1 unspecified atom stereocenters. The number of furan rings is 1. The average molecular weight is 291 g/mol. The molecule has 0 saturated carbocycles. The number of hydrogen-bond acceptors (Lipinski definition) is 5. The van der Waals surface area contributed by atoms with Crippen LogP contribution in [0.25, 0.3) is 11.0 Å². The van der Waals surface area contributed by atoms with Crippen LogP contribution in [0.1, 0.15) is 12.0 Å². The summed E-state index contributed by atoms with van der Waals surface area (Å²) in [6.45, 7) is 0.286. The first-order chi connectivity index (χ1) is 10.1. The van der Waals surface area contributed by atoms with Crippen LogP contribution in [0.3, 0.4) is 0 Å². The average Bonchev–Trinajstić information content (AvgIpc) is 2.87. The van der Waals surface area contributed by atoms with Crippen LogP contribution in [0.4, 0.5) is 0 Å². The lowest BCUT2D eigenvalue weighted by molar-refractivity contribution is -0.122. The molecule has 0 bridgehead atoms. The lowest BCUT2D eigenvalue weighted by Gasteiger charge is -2.17. The summed E-state index contributed by atoms with van der Waals surface area (Å²) in [6.07, 6.45) is 2.01. The molecule has 7 heteroatoms. The summed E-state index contributed by atoms with van der Waals surface area (Å²) in [5.41, 5.74) is 1.54. The number of benzene rings is 1. The Morgan fingerprint density at radius 2 is 2.19 bits per heavy atom. The van der Waals surface area contributed by atoms with E-state index >= 15 is 0 Å². The van der Waals surface area contributed by atoms with E-state index in [2.05, 4.69) is 5.32 Å².